The van der Waals surface area contributed by atoms with Crippen LogP contribution in [0.15, 0.2) is 18.2 Å². The number of likely N-dealkylation sites (tertiary alicyclic amines) is 1. The van der Waals surface area contributed by atoms with Crippen molar-refractivity contribution in [2.24, 2.45) is 5.92 Å². The van der Waals surface area contributed by atoms with Gasteiger partial charge in [-0.3, -0.25) is 9.69 Å². The third kappa shape index (κ3) is 5.61. The third-order valence-electron chi connectivity index (χ3n) is 6.00. The van der Waals surface area contributed by atoms with Crippen LogP contribution in [0.4, 0.5) is 4.79 Å². The number of carbonyl (C=O) groups is 2. The average Bonchev–Trinajstić information content (AvgIpc) is 3.59. The fourth-order valence-electron chi connectivity index (χ4n) is 4.02. The van der Waals surface area contributed by atoms with Crippen LogP contribution < -0.4 is 9.47 Å². The molecule has 0 N–H and O–H groups in total. The minimum absolute atomic E-state index is 0.0102. The van der Waals surface area contributed by atoms with Gasteiger partial charge in [-0.05, 0) is 25.3 Å². The van der Waals surface area contributed by atoms with Gasteiger partial charge in [0.15, 0.2) is 0 Å². The predicted molar refractivity (Wildman–Crippen MR) is 115 cm³/mol. The van der Waals surface area contributed by atoms with E-state index in [9.17, 15) is 9.59 Å². The molecule has 2 fully saturated rings. The van der Waals surface area contributed by atoms with Gasteiger partial charge in [0, 0.05) is 43.2 Å². The van der Waals surface area contributed by atoms with Crippen LogP contribution in [0.5, 0.6) is 11.5 Å². The highest BCUT2D eigenvalue weighted by Crippen LogP contribution is 2.37. The van der Waals surface area contributed by atoms with Gasteiger partial charge in [-0.2, -0.15) is 0 Å². The second-order valence-corrected chi connectivity index (χ2v) is 8.18. The smallest absolute Gasteiger partial charge is 0.409 e. The summed E-state index contributed by atoms with van der Waals surface area (Å²) in [6.45, 7) is 4.04. The van der Waals surface area contributed by atoms with E-state index in [0.717, 1.165) is 42.7 Å². The Kier molecular flexibility index (Phi) is 8.01. The zero-order valence-corrected chi connectivity index (χ0v) is 19.0. The topological polar surface area (TPSA) is 77.5 Å². The van der Waals surface area contributed by atoms with Gasteiger partial charge in [0.05, 0.1) is 27.9 Å². The molecule has 0 radical (unpaired) electrons. The van der Waals surface area contributed by atoms with E-state index >= 15 is 0 Å². The van der Waals surface area contributed by atoms with Crippen LogP contribution in [0.1, 0.15) is 38.2 Å². The highest BCUT2D eigenvalue weighted by molar-refractivity contribution is 5.77. The number of methoxy groups -OCH3 is 3. The van der Waals surface area contributed by atoms with Gasteiger partial charge >= 0.3 is 12.1 Å². The zero-order valence-electron chi connectivity index (χ0n) is 19.0. The SMILES string of the molecule is CCCCOC(=O)N1CC(C(C(=O)OC)N(Cc2ccc(OC)cc2OC)C2CC2)C1. The van der Waals surface area contributed by atoms with E-state index in [2.05, 4.69) is 11.8 Å². The number of benzene rings is 1. The summed E-state index contributed by atoms with van der Waals surface area (Å²) < 4.78 is 21.3. The molecule has 8 nitrogen and oxygen atoms in total. The van der Waals surface area contributed by atoms with Gasteiger partial charge in [-0.15, -0.1) is 0 Å². The number of nitrogens with zero attached hydrogens (tertiary/aromatic N) is 2. The molecule has 172 valence electrons. The molecule has 31 heavy (non-hydrogen) atoms. The molecule has 1 atom stereocenters. The maximum absolute atomic E-state index is 12.8. The first-order valence-electron chi connectivity index (χ1n) is 11.0. The van der Waals surface area contributed by atoms with Crippen LogP contribution >= 0.6 is 0 Å². The average molecular weight is 435 g/mol. The monoisotopic (exact) mass is 434 g/mol. The molecule has 0 spiro atoms. The lowest BCUT2D eigenvalue weighted by Gasteiger charge is -2.45. The molecule has 0 bridgehead atoms. The van der Waals surface area contributed by atoms with Gasteiger partial charge in [0.2, 0.25) is 0 Å². The first-order valence-corrected chi connectivity index (χ1v) is 11.0. The maximum atomic E-state index is 12.8. The molecular weight excluding hydrogens is 400 g/mol. The molecule has 2 aliphatic rings. The molecule has 1 aromatic rings. The predicted octanol–water partition coefficient (Wildman–Crippen LogP) is 3.08. The summed E-state index contributed by atoms with van der Waals surface area (Å²) in [7, 11) is 4.67. The Balaban J connectivity index is 1.72. The largest absolute Gasteiger partial charge is 0.497 e. The summed E-state index contributed by atoms with van der Waals surface area (Å²) in [5.41, 5.74) is 0.985. The number of unbranched alkanes of at least 4 members (excludes halogenated alkanes) is 1. The molecule has 1 aliphatic carbocycles. The molecule has 1 aromatic carbocycles. The number of hydrogen-bond donors (Lipinski definition) is 0. The second kappa shape index (κ2) is 10.7. The summed E-state index contributed by atoms with van der Waals surface area (Å²) in [6.07, 6.45) is 3.62. The summed E-state index contributed by atoms with van der Waals surface area (Å²) in [5.74, 6) is 1.20. The lowest BCUT2D eigenvalue weighted by Crippen LogP contribution is -2.61. The molecular formula is C23H34N2O6. The minimum atomic E-state index is -0.413. The number of hydrogen-bond acceptors (Lipinski definition) is 7. The van der Waals surface area contributed by atoms with E-state index in [1.807, 2.05) is 18.2 Å². The molecule has 1 heterocycles. The Morgan fingerprint density at radius 2 is 1.90 bits per heavy atom. The van der Waals surface area contributed by atoms with Crippen LogP contribution in [0.3, 0.4) is 0 Å². The van der Waals surface area contributed by atoms with E-state index in [1.54, 1.807) is 19.1 Å². The number of ether oxygens (including phenoxy) is 4. The summed E-state index contributed by atoms with van der Waals surface area (Å²) in [6, 6.07) is 5.63. The van der Waals surface area contributed by atoms with Crippen molar-refractivity contribution in [3.63, 3.8) is 0 Å². The van der Waals surface area contributed by atoms with Crippen molar-refractivity contribution in [1.29, 1.82) is 0 Å². The van der Waals surface area contributed by atoms with E-state index in [-0.39, 0.29) is 18.0 Å². The van der Waals surface area contributed by atoms with Gasteiger partial charge in [-0.1, -0.05) is 19.4 Å². The van der Waals surface area contributed by atoms with Gasteiger partial charge in [0.1, 0.15) is 17.5 Å². The quantitative estimate of drug-likeness (QED) is 0.391. The van der Waals surface area contributed by atoms with Crippen molar-refractivity contribution in [1.82, 2.24) is 9.80 Å². The highest BCUT2D eigenvalue weighted by atomic mass is 16.6. The van der Waals surface area contributed by atoms with Gasteiger partial charge in [-0.25, -0.2) is 4.79 Å². The summed E-state index contributed by atoms with van der Waals surface area (Å²) in [5, 5.41) is 0. The molecule has 1 saturated carbocycles. The van der Waals surface area contributed by atoms with Crippen LogP contribution in [-0.2, 0) is 20.8 Å². The van der Waals surface area contributed by atoms with E-state index < -0.39 is 6.04 Å². The fourth-order valence-corrected chi connectivity index (χ4v) is 4.02. The lowest BCUT2D eigenvalue weighted by atomic mass is 9.90. The Labute approximate surface area is 184 Å². The third-order valence-corrected chi connectivity index (χ3v) is 6.00. The molecule has 1 unspecified atom stereocenters. The first-order chi connectivity index (χ1) is 15.0. The Morgan fingerprint density at radius 1 is 1.16 bits per heavy atom. The number of amides is 1. The minimum Gasteiger partial charge on any atom is -0.497 e. The van der Waals surface area contributed by atoms with Crippen LogP contribution in [0.25, 0.3) is 0 Å². The molecule has 8 heteroatoms. The zero-order chi connectivity index (χ0) is 22.4. The lowest BCUT2D eigenvalue weighted by molar-refractivity contribution is -0.153. The molecule has 1 saturated heterocycles. The Bertz CT molecular complexity index is 760. The Morgan fingerprint density at radius 3 is 2.48 bits per heavy atom. The number of rotatable bonds is 11. The van der Waals surface area contributed by atoms with Crippen molar-refractivity contribution < 1.29 is 28.5 Å². The second-order valence-electron chi connectivity index (χ2n) is 8.18. The molecule has 3 rings (SSSR count). The van der Waals surface area contributed by atoms with E-state index in [0.29, 0.717) is 32.3 Å². The van der Waals surface area contributed by atoms with Gasteiger partial charge < -0.3 is 23.8 Å². The van der Waals surface area contributed by atoms with Crippen molar-refractivity contribution >= 4 is 12.1 Å². The Hall–Kier alpha value is -2.48. The highest BCUT2D eigenvalue weighted by Gasteiger charge is 2.47. The number of carbonyl (C=O) groups excluding carboxylic acids is 2. The molecule has 1 aliphatic heterocycles. The van der Waals surface area contributed by atoms with Crippen LogP contribution in [-0.4, -0.2) is 75.0 Å². The van der Waals surface area contributed by atoms with Crippen molar-refractivity contribution in [3.05, 3.63) is 23.8 Å². The molecule has 0 aromatic heterocycles. The fraction of sp³-hybridized carbons (Fsp3) is 0.652. The molecule has 1 amide bonds. The van der Waals surface area contributed by atoms with Crippen molar-refractivity contribution in [3.8, 4) is 11.5 Å². The first kappa shape index (κ1) is 23.2. The summed E-state index contributed by atoms with van der Waals surface area (Å²) in [4.78, 5) is 28.9. The summed E-state index contributed by atoms with van der Waals surface area (Å²) >= 11 is 0. The van der Waals surface area contributed by atoms with E-state index in [1.165, 1.54) is 7.11 Å². The standard InChI is InChI=1S/C23H34N2O6/c1-5-6-11-31-23(27)24-13-17(14-24)21(22(26)30-4)25(18-8-9-18)15-16-7-10-19(28-2)12-20(16)29-3/h7,10,12,17-18,21H,5-6,8-9,11,13-15H2,1-4H3. The van der Waals surface area contributed by atoms with Crippen LogP contribution in [0.2, 0.25) is 0 Å². The van der Waals surface area contributed by atoms with Gasteiger partial charge in [0.25, 0.3) is 0 Å². The number of esters is 1. The maximum Gasteiger partial charge on any atom is 0.409 e. The van der Waals surface area contributed by atoms with Crippen molar-refractivity contribution in [2.45, 2.75) is 51.2 Å². The van der Waals surface area contributed by atoms with Crippen LogP contribution in [0, 0.1) is 5.92 Å². The normalized spacial score (nSPS) is 17.1. The van der Waals surface area contributed by atoms with E-state index in [4.69, 9.17) is 18.9 Å². The van der Waals surface area contributed by atoms with Crippen molar-refractivity contribution in [2.75, 3.05) is 41.0 Å².